The van der Waals surface area contributed by atoms with Gasteiger partial charge in [-0.2, -0.15) is 0 Å². The maximum Gasteiger partial charge on any atom is 0.268 e. The zero-order valence-corrected chi connectivity index (χ0v) is 14.9. The van der Waals surface area contributed by atoms with E-state index >= 15 is 0 Å². The number of benzene rings is 2. The summed E-state index contributed by atoms with van der Waals surface area (Å²) in [7, 11) is 0. The average molecular weight is 356 g/mol. The van der Waals surface area contributed by atoms with Gasteiger partial charge in [0.15, 0.2) is 0 Å². The molecule has 0 aliphatic heterocycles. The summed E-state index contributed by atoms with van der Waals surface area (Å²) < 4.78 is 0. The van der Waals surface area contributed by atoms with Crippen LogP contribution < -0.4 is 10.8 Å². The van der Waals surface area contributed by atoms with E-state index in [1.54, 1.807) is 12.1 Å². The van der Waals surface area contributed by atoms with Gasteiger partial charge in [-0.3, -0.25) is 14.8 Å². The summed E-state index contributed by atoms with van der Waals surface area (Å²) in [4.78, 5) is 23.7. The third-order valence-electron chi connectivity index (χ3n) is 4.20. The Hall–Kier alpha value is -2.70. The maximum atomic E-state index is 12.2. The van der Waals surface area contributed by atoms with Crippen molar-refractivity contribution in [1.29, 1.82) is 0 Å². The molecule has 4 N–H and O–H groups in total. The molecule has 2 unspecified atom stereocenters. The Morgan fingerprint density at radius 1 is 0.962 bits per heavy atom. The molecule has 0 aromatic heterocycles. The first-order valence-electron chi connectivity index (χ1n) is 8.48. The number of rotatable bonds is 7. The number of hydrogen-bond acceptors (Lipinski definition) is 4. The van der Waals surface area contributed by atoms with Crippen molar-refractivity contribution in [2.75, 3.05) is 0 Å². The van der Waals surface area contributed by atoms with Crippen LogP contribution in [0.4, 0.5) is 0 Å². The molecular formula is C20H24N2O4. The minimum Gasteiger partial charge on any atom is -0.391 e. The summed E-state index contributed by atoms with van der Waals surface area (Å²) in [6, 6.07) is 14.3. The smallest absolute Gasteiger partial charge is 0.268 e. The lowest BCUT2D eigenvalue weighted by molar-refractivity contribution is -0.133. The lowest BCUT2D eigenvalue weighted by atomic mass is 10.0. The molecule has 0 saturated carbocycles. The lowest BCUT2D eigenvalue weighted by Gasteiger charge is -2.19. The van der Waals surface area contributed by atoms with E-state index in [9.17, 15) is 14.7 Å². The van der Waals surface area contributed by atoms with E-state index in [1.165, 1.54) is 23.5 Å². The molecule has 26 heavy (non-hydrogen) atoms. The third-order valence-corrected chi connectivity index (χ3v) is 4.20. The molecule has 138 valence electrons. The second-order valence-electron chi connectivity index (χ2n) is 6.35. The molecule has 0 fully saturated rings. The Bertz CT molecular complexity index is 739. The van der Waals surface area contributed by atoms with Crippen LogP contribution in [0.15, 0.2) is 48.5 Å². The van der Waals surface area contributed by atoms with Gasteiger partial charge in [0.2, 0.25) is 0 Å². The minimum atomic E-state index is -1.23. The van der Waals surface area contributed by atoms with Gasteiger partial charge in [0.25, 0.3) is 11.8 Å². The summed E-state index contributed by atoms with van der Waals surface area (Å²) in [6.45, 7) is 3.41. The van der Waals surface area contributed by atoms with Crippen molar-refractivity contribution >= 4 is 11.8 Å². The molecule has 0 aliphatic carbocycles. The zero-order chi connectivity index (χ0) is 19.1. The van der Waals surface area contributed by atoms with Crippen LogP contribution >= 0.6 is 0 Å². The van der Waals surface area contributed by atoms with E-state index < -0.39 is 24.0 Å². The van der Waals surface area contributed by atoms with Crippen molar-refractivity contribution in [2.24, 2.45) is 0 Å². The largest absolute Gasteiger partial charge is 0.391 e. The van der Waals surface area contributed by atoms with Gasteiger partial charge in [-0.05, 0) is 49.9 Å². The summed E-state index contributed by atoms with van der Waals surface area (Å²) in [5.74, 6) is -1.37. The SMILES string of the molecule is Cc1ccc(CCc2ccc(C(=O)NC(C(=O)NO)C(C)O)cc2)cc1. The number of aliphatic hydroxyl groups excluding tert-OH is 1. The average Bonchev–Trinajstić information content (AvgIpc) is 2.65. The molecule has 0 radical (unpaired) electrons. The molecule has 0 saturated heterocycles. The van der Waals surface area contributed by atoms with Crippen molar-refractivity contribution < 1.29 is 19.9 Å². The molecule has 0 bridgehead atoms. The summed E-state index contributed by atoms with van der Waals surface area (Å²) >= 11 is 0. The molecule has 2 rings (SSSR count). The second kappa shape index (κ2) is 9.12. The minimum absolute atomic E-state index is 0.375. The maximum absolute atomic E-state index is 12.2. The fourth-order valence-corrected chi connectivity index (χ4v) is 2.57. The number of carbonyl (C=O) groups excluding carboxylic acids is 2. The molecule has 2 aromatic rings. The number of carbonyl (C=O) groups is 2. The van der Waals surface area contributed by atoms with Gasteiger partial charge in [0.05, 0.1) is 6.10 Å². The lowest BCUT2D eigenvalue weighted by Crippen LogP contribution is -2.51. The van der Waals surface area contributed by atoms with Crippen molar-refractivity contribution in [3.05, 3.63) is 70.8 Å². The van der Waals surface area contributed by atoms with E-state index in [-0.39, 0.29) is 0 Å². The Morgan fingerprint density at radius 3 is 1.92 bits per heavy atom. The van der Waals surface area contributed by atoms with Gasteiger partial charge in [-0.15, -0.1) is 0 Å². The second-order valence-corrected chi connectivity index (χ2v) is 6.35. The van der Waals surface area contributed by atoms with Crippen LogP contribution in [0.5, 0.6) is 0 Å². The van der Waals surface area contributed by atoms with Crippen LogP contribution in [0, 0.1) is 6.92 Å². The van der Waals surface area contributed by atoms with Crippen LogP contribution in [0.25, 0.3) is 0 Å². The number of aliphatic hydroxyl groups is 1. The van der Waals surface area contributed by atoms with Gasteiger partial charge in [-0.1, -0.05) is 42.0 Å². The molecule has 0 spiro atoms. The van der Waals surface area contributed by atoms with Crippen LogP contribution in [-0.4, -0.2) is 34.3 Å². The number of hydroxylamine groups is 1. The zero-order valence-electron chi connectivity index (χ0n) is 14.9. The Kier molecular flexibility index (Phi) is 6.89. The Morgan fingerprint density at radius 2 is 1.46 bits per heavy atom. The van der Waals surface area contributed by atoms with E-state index in [4.69, 9.17) is 5.21 Å². The number of amides is 2. The van der Waals surface area contributed by atoms with Crippen LogP contribution in [0.3, 0.4) is 0 Å². The van der Waals surface area contributed by atoms with Gasteiger partial charge in [0.1, 0.15) is 6.04 Å². The van der Waals surface area contributed by atoms with Crippen LogP contribution in [0.2, 0.25) is 0 Å². The standard InChI is InChI=1S/C20H24N2O4/c1-13-3-5-15(6-4-13)7-8-16-9-11-17(12-10-16)19(24)21-18(14(2)23)20(25)22-26/h3-6,9-12,14,18,23,26H,7-8H2,1-2H3,(H,21,24)(H,22,25). The van der Waals surface area contributed by atoms with E-state index in [0.717, 1.165) is 18.4 Å². The van der Waals surface area contributed by atoms with Crippen molar-refractivity contribution in [2.45, 2.75) is 38.8 Å². The predicted molar refractivity (Wildman–Crippen MR) is 97.9 cm³/mol. The highest BCUT2D eigenvalue weighted by molar-refractivity contribution is 5.97. The molecule has 2 amide bonds. The quantitative estimate of drug-likeness (QED) is 0.449. The summed E-state index contributed by atoms with van der Waals surface area (Å²) in [6.07, 6.45) is 0.626. The molecule has 6 heteroatoms. The third kappa shape index (κ3) is 5.40. The fraction of sp³-hybridized carbons (Fsp3) is 0.300. The highest BCUT2D eigenvalue weighted by Gasteiger charge is 2.25. The van der Waals surface area contributed by atoms with Gasteiger partial charge in [-0.25, -0.2) is 5.48 Å². The molecule has 0 heterocycles. The molecule has 2 aromatic carbocycles. The Balaban J connectivity index is 1.96. The van der Waals surface area contributed by atoms with E-state index in [2.05, 4.69) is 36.5 Å². The van der Waals surface area contributed by atoms with Crippen LogP contribution in [0.1, 0.15) is 34.0 Å². The molecule has 2 atom stereocenters. The first-order chi connectivity index (χ1) is 12.4. The summed E-state index contributed by atoms with van der Waals surface area (Å²) in [5, 5.41) is 20.6. The number of hydrogen-bond donors (Lipinski definition) is 4. The van der Waals surface area contributed by atoms with Gasteiger partial charge < -0.3 is 10.4 Å². The van der Waals surface area contributed by atoms with Crippen molar-refractivity contribution in [3.8, 4) is 0 Å². The fourth-order valence-electron chi connectivity index (χ4n) is 2.57. The molecule has 6 nitrogen and oxygen atoms in total. The van der Waals surface area contributed by atoms with Crippen molar-refractivity contribution in [3.63, 3.8) is 0 Å². The Labute approximate surface area is 152 Å². The molecular weight excluding hydrogens is 332 g/mol. The first kappa shape index (κ1) is 19.6. The first-order valence-corrected chi connectivity index (χ1v) is 8.48. The van der Waals surface area contributed by atoms with E-state index in [1.807, 2.05) is 12.1 Å². The van der Waals surface area contributed by atoms with Crippen molar-refractivity contribution in [1.82, 2.24) is 10.8 Å². The van der Waals surface area contributed by atoms with E-state index in [0.29, 0.717) is 5.56 Å². The number of nitrogens with one attached hydrogen (secondary N) is 2. The highest BCUT2D eigenvalue weighted by Crippen LogP contribution is 2.11. The normalized spacial score (nSPS) is 12.9. The van der Waals surface area contributed by atoms with Crippen LogP contribution in [-0.2, 0) is 17.6 Å². The summed E-state index contributed by atoms with van der Waals surface area (Å²) in [5.41, 5.74) is 5.40. The molecule has 0 aliphatic rings. The topological polar surface area (TPSA) is 98.7 Å². The predicted octanol–water partition coefficient (Wildman–Crippen LogP) is 1.76. The van der Waals surface area contributed by atoms with Gasteiger partial charge in [0, 0.05) is 5.56 Å². The number of aryl methyl sites for hydroxylation is 3. The van der Waals surface area contributed by atoms with Gasteiger partial charge >= 0.3 is 0 Å². The monoisotopic (exact) mass is 356 g/mol. The highest BCUT2D eigenvalue weighted by atomic mass is 16.5.